The second kappa shape index (κ2) is 7.47. The van der Waals surface area contributed by atoms with Crippen molar-refractivity contribution in [2.24, 2.45) is 0 Å². The fourth-order valence-corrected chi connectivity index (χ4v) is 1.86. The maximum atomic E-state index is 5.76. The molecule has 0 fully saturated rings. The topological polar surface area (TPSA) is 56.3 Å². The summed E-state index contributed by atoms with van der Waals surface area (Å²) >= 11 is 0. The molecule has 1 heterocycles. The zero-order valence-electron chi connectivity index (χ0n) is 12.7. The standard InChI is InChI=1S/C16H21N3O2/c1-4-14-18-15(17-5-2)10-16(19-14)21-11-12-6-8-13(20-3)9-7-12/h6-10H,4-5,11H2,1-3H3,(H,17,18,19). The highest BCUT2D eigenvalue weighted by molar-refractivity contribution is 5.38. The lowest BCUT2D eigenvalue weighted by Crippen LogP contribution is -2.05. The number of hydrogen-bond acceptors (Lipinski definition) is 5. The minimum Gasteiger partial charge on any atom is -0.497 e. The number of nitrogens with one attached hydrogen (secondary N) is 1. The molecule has 0 aliphatic rings. The predicted octanol–water partition coefficient (Wildman–Crippen LogP) is 3.06. The quantitative estimate of drug-likeness (QED) is 0.848. The number of ether oxygens (including phenoxy) is 2. The third kappa shape index (κ3) is 4.34. The van der Waals surface area contributed by atoms with Gasteiger partial charge in [0, 0.05) is 19.0 Å². The SMILES string of the molecule is CCNc1cc(OCc2ccc(OC)cc2)nc(CC)n1. The van der Waals surface area contributed by atoms with Crippen LogP contribution in [-0.4, -0.2) is 23.6 Å². The van der Waals surface area contributed by atoms with Gasteiger partial charge in [-0.25, -0.2) is 4.98 Å². The van der Waals surface area contributed by atoms with Gasteiger partial charge >= 0.3 is 0 Å². The lowest BCUT2D eigenvalue weighted by Gasteiger charge is -2.10. The molecule has 1 aromatic carbocycles. The van der Waals surface area contributed by atoms with E-state index in [1.165, 1.54) is 0 Å². The van der Waals surface area contributed by atoms with E-state index >= 15 is 0 Å². The van der Waals surface area contributed by atoms with Gasteiger partial charge in [-0.2, -0.15) is 4.98 Å². The first-order valence-corrected chi connectivity index (χ1v) is 7.12. The van der Waals surface area contributed by atoms with Crippen molar-refractivity contribution in [3.8, 4) is 11.6 Å². The van der Waals surface area contributed by atoms with E-state index in [1.54, 1.807) is 7.11 Å². The van der Waals surface area contributed by atoms with Crippen LogP contribution in [0.4, 0.5) is 5.82 Å². The van der Waals surface area contributed by atoms with Crippen LogP contribution in [0.2, 0.25) is 0 Å². The predicted molar refractivity (Wildman–Crippen MR) is 82.9 cm³/mol. The van der Waals surface area contributed by atoms with E-state index < -0.39 is 0 Å². The number of hydrogen-bond donors (Lipinski definition) is 1. The van der Waals surface area contributed by atoms with Gasteiger partial charge in [-0.1, -0.05) is 19.1 Å². The van der Waals surface area contributed by atoms with Crippen molar-refractivity contribution in [2.75, 3.05) is 19.0 Å². The Labute approximate surface area is 125 Å². The molecule has 5 heteroatoms. The third-order valence-electron chi connectivity index (χ3n) is 2.97. The minimum absolute atomic E-state index is 0.468. The van der Waals surface area contributed by atoms with Crippen LogP contribution >= 0.6 is 0 Å². The van der Waals surface area contributed by atoms with Crippen LogP contribution in [0.25, 0.3) is 0 Å². The smallest absolute Gasteiger partial charge is 0.219 e. The molecule has 0 bridgehead atoms. The Morgan fingerprint density at radius 2 is 1.86 bits per heavy atom. The second-order valence-electron chi connectivity index (χ2n) is 4.53. The molecular formula is C16H21N3O2. The average molecular weight is 287 g/mol. The summed E-state index contributed by atoms with van der Waals surface area (Å²) in [5.74, 6) is 3.00. The summed E-state index contributed by atoms with van der Waals surface area (Å²) in [5, 5.41) is 3.19. The summed E-state index contributed by atoms with van der Waals surface area (Å²) in [7, 11) is 1.65. The number of rotatable bonds is 7. The summed E-state index contributed by atoms with van der Waals surface area (Å²) in [6.45, 7) is 5.34. The normalized spacial score (nSPS) is 10.2. The lowest BCUT2D eigenvalue weighted by molar-refractivity contribution is 0.292. The first kappa shape index (κ1) is 15.1. The van der Waals surface area contributed by atoms with E-state index in [0.717, 1.165) is 35.9 Å². The molecule has 2 aromatic rings. The van der Waals surface area contributed by atoms with Crippen LogP contribution in [0, 0.1) is 0 Å². The van der Waals surface area contributed by atoms with Gasteiger partial charge in [0.05, 0.1) is 7.11 Å². The van der Waals surface area contributed by atoms with Gasteiger partial charge < -0.3 is 14.8 Å². The molecule has 0 saturated heterocycles. The van der Waals surface area contributed by atoms with Crippen LogP contribution in [0.3, 0.4) is 0 Å². The molecule has 2 rings (SSSR count). The second-order valence-corrected chi connectivity index (χ2v) is 4.53. The van der Waals surface area contributed by atoms with Crippen LogP contribution in [0.5, 0.6) is 11.6 Å². The van der Waals surface area contributed by atoms with Crippen molar-refractivity contribution in [3.63, 3.8) is 0 Å². The maximum absolute atomic E-state index is 5.76. The molecule has 0 unspecified atom stereocenters. The molecule has 0 spiro atoms. The molecule has 1 N–H and O–H groups in total. The fourth-order valence-electron chi connectivity index (χ4n) is 1.86. The lowest BCUT2D eigenvalue weighted by atomic mass is 10.2. The molecule has 1 aromatic heterocycles. The van der Waals surface area contributed by atoms with Gasteiger partial charge in [-0.05, 0) is 24.6 Å². The van der Waals surface area contributed by atoms with E-state index in [1.807, 2.05) is 44.2 Å². The van der Waals surface area contributed by atoms with Crippen molar-refractivity contribution in [1.82, 2.24) is 9.97 Å². The van der Waals surface area contributed by atoms with Crippen molar-refractivity contribution < 1.29 is 9.47 Å². The van der Waals surface area contributed by atoms with Gasteiger partial charge in [0.1, 0.15) is 24.0 Å². The Morgan fingerprint density at radius 3 is 2.48 bits per heavy atom. The van der Waals surface area contributed by atoms with Gasteiger partial charge in [-0.15, -0.1) is 0 Å². The molecule has 0 atom stereocenters. The van der Waals surface area contributed by atoms with Gasteiger partial charge in [-0.3, -0.25) is 0 Å². The molecule has 0 saturated carbocycles. The van der Waals surface area contributed by atoms with Crippen molar-refractivity contribution in [1.29, 1.82) is 0 Å². The first-order chi connectivity index (χ1) is 10.2. The van der Waals surface area contributed by atoms with E-state index in [4.69, 9.17) is 9.47 Å². The van der Waals surface area contributed by atoms with Crippen molar-refractivity contribution in [3.05, 3.63) is 41.7 Å². The summed E-state index contributed by atoms with van der Waals surface area (Å²) in [6.07, 6.45) is 0.776. The maximum Gasteiger partial charge on any atom is 0.219 e. The third-order valence-corrected chi connectivity index (χ3v) is 2.97. The highest BCUT2D eigenvalue weighted by Crippen LogP contribution is 2.17. The minimum atomic E-state index is 0.468. The molecule has 0 amide bonds. The first-order valence-electron chi connectivity index (χ1n) is 7.12. The zero-order chi connectivity index (χ0) is 15.1. The van der Waals surface area contributed by atoms with Gasteiger partial charge in [0.25, 0.3) is 0 Å². The summed E-state index contributed by atoms with van der Waals surface area (Å²) in [4.78, 5) is 8.79. The molecule has 0 aliphatic carbocycles. The zero-order valence-corrected chi connectivity index (χ0v) is 12.7. The number of benzene rings is 1. The molecule has 112 valence electrons. The Morgan fingerprint density at radius 1 is 1.10 bits per heavy atom. The van der Waals surface area contributed by atoms with Crippen molar-refractivity contribution >= 4 is 5.82 Å². The molecule has 0 aliphatic heterocycles. The Kier molecular flexibility index (Phi) is 5.37. The van der Waals surface area contributed by atoms with Crippen LogP contribution in [-0.2, 0) is 13.0 Å². The highest BCUT2D eigenvalue weighted by Gasteiger charge is 2.04. The fraction of sp³-hybridized carbons (Fsp3) is 0.375. The number of aromatic nitrogens is 2. The Hall–Kier alpha value is -2.30. The number of aryl methyl sites for hydroxylation is 1. The molecular weight excluding hydrogens is 266 g/mol. The number of nitrogens with zero attached hydrogens (tertiary/aromatic N) is 2. The van der Waals surface area contributed by atoms with E-state index in [-0.39, 0.29) is 0 Å². The summed E-state index contributed by atoms with van der Waals surface area (Å²) in [6, 6.07) is 9.62. The number of anilines is 1. The van der Waals surface area contributed by atoms with Crippen LogP contribution < -0.4 is 14.8 Å². The van der Waals surface area contributed by atoms with Crippen LogP contribution in [0.15, 0.2) is 30.3 Å². The number of methoxy groups -OCH3 is 1. The largest absolute Gasteiger partial charge is 0.497 e. The molecule has 5 nitrogen and oxygen atoms in total. The van der Waals surface area contributed by atoms with E-state index in [9.17, 15) is 0 Å². The van der Waals surface area contributed by atoms with Crippen LogP contribution in [0.1, 0.15) is 25.2 Å². The monoisotopic (exact) mass is 287 g/mol. The Bertz CT molecular complexity index is 570. The van der Waals surface area contributed by atoms with Gasteiger partial charge in [0.2, 0.25) is 5.88 Å². The Balaban J connectivity index is 2.05. The highest BCUT2D eigenvalue weighted by atomic mass is 16.5. The summed E-state index contributed by atoms with van der Waals surface area (Å²) < 4.78 is 10.9. The van der Waals surface area contributed by atoms with E-state index in [0.29, 0.717) is 12.5 Å². The van der Waals surface area contributed by atoms with E-state index in [2.05, 4.69) is 15.3 Å². The molecule has 0 radical (unpaired) electrons. The summed E-state index contributed by atoms with van der Waals surface area (Å²) in [5.41, 5.74) is 1.07. The average Bonchev–Trinajstić information content (AvgIpc) is 2.53. The molecule has 21 heavy (non-hydrogen) atoms. The van der Waals surface area contributed by atoms with Gasteiger partial charge in [0.15, 0.2) is 0 Å². The van der Waals surface area contributed by atoms with Crippen molar-refractivity contribution in [2.45, 2.75) is 26.9 Å².